The summed E-state index contributed by atoms with van der Waals surface area (Å²) in [5, 5.41) is 8.87. The zero-order chi connectivity index (χ0) is 20.2. The number of fused-ring (bicyclic) bond motifs is 1. The van der Waals surface area contributed by atoms with Gasteiger partial charge in [-0.3, -0.25) is 9.78 Å². The summed E-state index contributed by atoms with van der Waals surface area (Å²) in [7, 11) is 1.56. The van der Waals surface area contributed by atoms with Crippen LogP contribution in [0.3, 0.4) is 0 Å². The molecule has 0 spiro atoms. The number of methoxy groups -OCH3 is 1. The van der Waals surface area contributed by atoms with Gasteiger partial charge in [-0.15, -0.1) is 0 Å². The molecule has 0 saturated heterocycles. The third kappa shape index (κ3) is 3.90. The van der Waals surface area contributed by atoms with Gasteiger partial charge in [0.15, 0.2) is 5.78 Å². The smallest absolute Gasteiger partial charge is 0.170 e. The molecule has 1 unspecified atom stereocenters. The third-order valence-electron chi connectivity index (χ3n) is 4.77. The molecule has 0 saturated carbocycles. The molecule has 0 amide bonds. The van der Waals surface area contributed by atoms with E-state index in [2.05, 4.69) is 11.1 Å². The van der Waals surface area contributed by atoms with Crippen molar-refractivity contribution in [2.75, 3.05) is 7.11 Å². The highest BCUT2D eigenvalue weighted by Crippen LogP contribution is 2.39. The highest BCUT2D eigenvalue weighted by Gasteiger charge is 2.30. The first-order valence-electron chi connectivity index (χ1n) is 9.11. The summed E-state index contributed by atoms with van der Waals surface area (Å²) < 4.78 is 17.3. The Balaban J connectivity index is 1.53. The van der Waals surface area contributed by atoms with E-state index in [4.69, 9.17) is 19.5 Å². The number of Topliss-reactive ketones (excluding diaryl/α,β-unsaturated/α-hetero) is 1. The van der Waals surface area contributed by atoms with Gasteiger partial charge in [-0.1, -0.05) is 12.1 Å². The Morgan fingerprint density at radius 1 is 1.21 bits per heavy atom. The van der Waals surface area contributed by atoms with E-state index in [0.717, 1.165) is 11.1 Å². The van der Waals surface area contributed by atoms with E-state index in [1.165, 1.54) is 0 Å². The van der Waals surface area contributed by atoms with E-state index in [0.29, 0.717) is 35.0 Å². The fraction of sp³-hybridized carbons (Fsp3) is 0.174. The van der Waals surface area contributed by atoms with Crippen LogP contribution < -0.4 is 14.2 Å². The Bertz CT molecular complexity index is 1090. The molecule has 3 aromatic rings. The number of nitrogens with zero attached hydrogens (tertiary/aromatic N) is 2. The Morgan fingerprint density at radius 2 is 2.03 bits per heavy atom. The van der Waals surface area contributed by atoms with Gasteiger partial charge in [0.1, 0.15) is 30.0 Å². The van der Waals surface area contributed by atoms with Crippen molar-refractivity contribution in [2.45, 2.75) is 19.1 Å². The number of pyridine rings is 1. The molecule has 144 valence electrons. The standard InChI is InChI=1S/C23H18N2O4/c1-27-23-13-25-9-8-19(23)22-11-20(26)18-7-6-17(10-21(18)29-22)28-14-16-4-2-15(12-24)3-5-16/h2-10,13,22H,11,14H2,1H3. The molecule has 1 aliphatic rings. The third-order valence-corrected chi connectivity index (χ3v) is 4.77. The molecule has 0 aliphatic carbocycles. The lowest BCUT2D eigenvalue weighted by molar-refractivity contribution is 0.0846. The van der Waals surface area contributed by atoms with Crippen molar-refractivity contribution >= 4 is 5.78 Å². The van der Waals surface area contributed by atoms with Crippen molar-refractivity contribution in [1.82, 2.24) is 4.98 Å². The summed E-state index contributed by atoms with van der Waals surface area (Å²) >= 11 is 0. The molecule has 29 heavy (non-hydrogen) atoms. The summed E-state index contributed by atoms with van der Waals surface area (Å²) in [6.07, 6.45) is 3.05. The second kappa shape index (κ2) is 8.03. The van der Waals surface area contributed by atoms with E-state index in [9.17, 15) is 4.79 Å². The van der Waals surface area contributed by atoms with Gasteiger partial charge in [-0.25, -0.2) is 0 Å². The summed E-state index contributed by atoms with van der Waals surface area (Å²) in [6.45, 7) is 0.347. The number of ketones is 1. The summed E-state index contributed by atoms with van der Waals surface area (Å²) in [6, 6.07) is 16.3. The number of benzene rings is 2. The van der Waals surface area contributed by atoms with E-state index >= 15 is 0 Å². The van der Waals surface area contributed by atoms with Crippen molar-refractivity contribution < 1.29 is 19.0 Å². The summed E-state index contributed by atoms with van der Waals surface area (Å²) in [5.41, 5.74) is 2.87. The highest BCUT2D eigenvalue weighted by atomic mass is 16.5. The van der Waals surface area contributed by atoms with Gasteiger partial charge in [0.2, 0.25) is 0 Å². The maximum atomic E-state index is 12.6. The van der Waals surface area contributed by atoms with Crippen LogP contribution in [0, 0.1) is 11.3 Å². The van der Waals surface area contributed by atoms with Gasteiger partial charge in [-0.2, -0.15) is 5.26 Å². The van der Waals surface area contributed by atoms with Gasteiger partial charge in [0.05, 0.1) is 36.9 Å². The van der Waals surface area contributed by atoms with Crippen LogP contribution in [0.2, 0.25) is 0 Å². The van der Waals surface area contributed by atoms with Crippen LogP contribution in [0.5, 0.6) is 17.2 Å². The molecule has 6 nitrogen and oxygen atoms in total. The van der Waals surface area contributed by atoms with Crippen LogP contribution in [0.4, 0.5) is 0 Å². The molecule has 1 aromatic heterocycles. The molecule has 2 heterocycles. The monoisotopic (exact) mass is 386 g/mol. The number of carbonyl (C=O) groups excluding carboxylic acids is 1. The Morgan fingerprint density at radius 3 is 2.79 bits per heavy atom. The van der Waals surface area contributed by atoms with Crippen LogP contribution in [-0.4, -0.2) is 17.9 Å². The largest absolute Gasteiger partial charge is 0.495 e. The van der Waals surface area contributed by atoms with Crippen molar-refractivity contribution in [3.8, 4) is 23.3 Å². The second-order valence-electron chi connectivity index (χ2n) is 6.61. The van der Waals surface area contributed by atoms with Crippen LogP contribution in [-0.2, 0) is 6.61 Å². The topological polar surface area (TPSA) is 81.4 Å². The molecular weight excluding hydrogens is 368 g/mol. The lowest BCUT2D eigenvalue weighted by Gasteiger charge is -2.26. The van der Waals surface area contributed by atoms with Crippen molar-refractivity contribution in [3.63, 3.8) is 0 Å². The predicted octanol–water partition coefficient (Wildman–Crippen LogP) is 4.25. The number of rotatable bonds is 5. The Kier molecular flexibility index (Phi) is 5.12. The maximum Gasteiger partial charge on any atom is 0.170 e. The zero-order valence-corrected chi connectivity index (χ0v) is 15.8. The molecule has 0 N–H and O–H groups in total. The van der Waals surface area contributed by atoms with Gasteiger partial charge >= 0.3 is 0 Å². The quantitative estimate of drug-likeness (QED) is 0.652. The van der Waals surface area contributed by atoms with E-state index in [1.54, 1.807) is 55.9 Å². The molecule has 0 radical (unpaired) electrons. The van der Waals surface area contributed by atoms with Crippen LogP contribution in [0.15, 0.2) is 60.9 Å². The van der Waals surface area contributed by atoms with Crippen molar-refractivity contribution in [3.05, 3.63) is 83.2 Å². The summed E-state index contributed by atoms with van der Waals surface area (Å²) in [4.78, 5) is 16.7. The fourth-order valence-corrected chi connectivity index (χ4v) is 3.24. The van der Waals surface area contributed by atoms with E-state index in [1.807, 2.05) is 12.1 Å². The van der Waals surface area contributed by atoms with E-state index in [-0.39, 0.29) is 12.2 Å². The van der Waals surface area contributed by atoms with Crippen molar-refractivity contribution in [2.24, 2.45) is 0 Å². The Labute approximate surface area is 168 Å². The minimum Gasteiger partial charge on any atom is -0.495 e. The van der Waals surface area contributed by atoms with Crippen LogP contribution >= 0.6 is 0 Å². The Hall–Kier alpha value is -3.85. The fourth-order valence-electron chi connectivity index (χ4n) is 3.24. The minimum absolute atomic E-state index is 0.00811. The number of ether oxygens (including phenoxy) is 3. The second-order valence-corrected chi connectivity index (χ2v) is 6.61. The van der Waals surface area contributed by atoms with Gasteiger partial charge in [0, 0.05) is 17.8 Å². The average molecular weight is 386 g/mol. The number of hydrogen-bond donors (Lipinski definition) is 0. The normalized spacial score (nSPS) is 15.0. The first-order chi connectivity index (χ1) is 14.2. The first-order valence-corrected chi connectivity index (χ1v) is 9.11. The minimum atomic E-state index is -0.443. The molecule has 4 rings (SSSR count). The molecule has 1 atom stereocenters. The van der Waals surface area contributed by atoms with Gasteiger partial charge in [0.25, 0.3) is 0 Å². The van der Waals surface area contributed by atoms with Crippen molar-refractivity contribution in [1.29, 1.82) is 5.26 Å². The number of carbonyl (C=O) groups is 1. The molecule has 2 aromatic carbocycles. The van der Waals surface area contributed by atoms with Crippen LogP contribution in [0.25, 0.3) is 0 Å². The lowest BCUT2D eigenvalue weighted by Crippen LogP contribution is -2.21. The average Bonchev–Trinajstić information content (AvgIpc) is 2.77. The molecule has 0 fully saturated rings. The van der Waals surface area contributed by atoms with Gasteiger partial charge in [-0.05, 0) is 35.9 Å². The summed E-state index contributed by atoms with van der Waals surface area (Å²) in [5.74, 6) is 1.68. The maximum absolute atomic E-state index is 12.6. The van der Waals surface area contributed by atoms with Gasteiger partial charge < -0.3 is 14.2 Å². The zero-order valence-electron chi connectivity index (χ0n) is 15.8. The molecule has 1 aliphatic heterocycles. The number of hydrogen-bond acceptors (Lipinski definition) is 6. The van der Waals surface area contributed by atoms with E-state index < -0.39 is 6.10 Å². The van der Waals surface area contributed by atoms with Crippen LogP contribution in [0.1, 0.15) is 39.6 Å². The highest BCUT2D eigenvalue weighted by molar-refractivity contribution is 6.00. The number of aromatic nitrogens is 1. The SMILES string of the molecule is COc1cnccc1C1CC(=O)c2ccc(OCc3ccc(C#N)cc3)cc2O1. The molecule has 0 bridgehead atoms. The number of nitriles is 1. The lowest BCUT2D eigenvalue weighted by atomic mass is 9.96. The first kappa shape index (κ1) is 18.5. The molecular formula is C23H18N2O4. The molecule has 6 heteroatoms. The predicted molar refractivity (Wildman–Crippen MR) is 105 cm³/mol.